The Hall–Kier alpha value is -1.16. The van der Waals surface area contributed by atoms with E-state index in [0.29, 0.717) is 13.0 Å². The molecule has 0 radical (unpaired) electrons. The Kier molecular flexibility index (Phi) is 5.78. The first kappa shape index (κ1) is 12.9. The molecule has 0 fully saturated rings. The lowest BCUT2D eigenvalue weighted by Crippen LogP contribution is -2.29. The minimum atomic E-state index is -0.508. The quantitative estimate of drug-likeness (QED) is 0.548. The van der Waals surface area contributed by atoms with Gasteiger partial charge < -0.3 is 10.3 Å². The van der Waals surface area contributed by atoms with Gasteiger partial charge in [-0.05, 0) is 18.4 Å². The van der Waals surface area contributed by atoms with Crippen molar-refractivity contribution in [2.24, 2.45) is 0 Å². The third-order valence-corrected chi connectivity index (χ3v) is 2.33. The van der Waals surface area contributed by atoms with E-state index >= 15 is 0 Å². The minimum Gasteiger partial charge on any atom is -0.392 e. The van der Waals surface area contributed by atoms with Crippen LogP contribution in [0.15, 0.2) is 43.0 Å². The zero-order chi connectivity index (χ0) is 11.8. The molecule has 88 valence electrons. The van der Waals surface area contributed by atoms with Crippen molar-refractivity contribution in [3.8, 4) is 0 Å². The lowest BCUT2D eigenvalue weighted by Gasteiger charge is -2.18. The molecular weight excluding hydrogens is 202 g/mol. The van der Waals surface area contributed by atoms with E-state index < -0.39 is 6.10 Å². The average molecular weight is 221 g/mol. The van der Waals surface area contributed by atoms with Gasteiger partial charge in [-0.1, -0.05) is 36.4 Å². The van der Waals surface area contributed by atoms with E-state index in [9.17, 15) is 10.3 Å². The van der Waals surface area contributed by atoms with Crippen LogP contribution in [0, 0.1) is 0 Å². The average Bonchev–Trinajstić information content (AvgIpc) is 2.27. The third-order valence-electron chi connectivity index (χ3n) is 2.33. The highest BCUT2D eigenvalue weighted by molar-refractivity contribution is 5.14. The van der Waals surface area contributed by atoms with E-state index in [1.165, 1.54) is 0 Å². The van der Waals surface area contributed by atoms with Crippen molar-refractivity contribution in [2.75, 3.05) is 6.54 Å². The molecule has 0 aliphatic carbocycles. The molecule has 3 nitrogen and oxygen atoms in total. The summed E-state index contributed by atoms with van der Waals surface area (Å²) >= 11 is 0. The van der Waals surface area contributed by atoms with Crippen LogP contribution in [0.25, 0.3) is 0 Å². The van der Waals surface area contributed by atoms with E-state index in [1.807, 2.05) is 30.3 Å². The zero-order valence-electron chi connectivity index (χ0n) is 9.42. The fourth-order valence-electron chi connectivity index (χ4n) is 1.50. The predicted molar refractivity (Wildman–Crippen MR) is 64.1 cm³/mol. The molecule has 0 amide bonds. The molecule has 1 aromatic carbocycles. The molecule has 1 atom stereocenters. The van der Waals surface area contributed by atoms with Crippen LogP contribution in [-0.4, -0.2) is 28.0 Å². The van der Waals surface area contributed by atoms with Crippen LogP contribution < -0.4 is 0 Å². The monoisotopic (exact) mass is 221 g/mol. The van der Waals surface area contributed by atoms with Crippen LogP contribution in [0.2, 0.25) is 0 Å². The summed E-state index contributed by atoms with van der Waals surface area (Å²) in [5.74, 6) is 0. The summed E-state index contributed by atoms with van der Waals surface area (Å²) in [6, 6.07) is 9.68. The Morgan fingerprint density at radius 3 is 2.62 bits per heavy atom. The Morgan fingerprint density at radius 1 is 1.31 bits per heavy atom. The van der Waals surface area contributed by atoms with Gasteiger partial charge in [0.15, 0.2) is 0 Å². The van der Waals surface area contributed by atoms with Crippen molar-refractivity contribution < 1.29 is 10.3 Å². The van der Waals surface area contributed by atoms with E-state index in [2.05, 4.69) is 6.58 Å². The van der Waals surface area contributed by atoms with Crippen molar-refractivity contribution in [2.45, 2.75) is 25.5 Å². The topological polar surface area (TPSA) is 43.7 Å². The smallest absolute Gasteiger partial charge is 0.0693 e. The van der Waals surface area contributed by atoms with Gasteiger partial charge >= 0.3 is 0 Å². The molecule has 1 aromatic rings. The maximum atomic E-state index is 9.62. The normalized spacial score (nSPS) is 12.7. The first-order valence-electron chi connectivity index (χ1n) is 5.49. The molecule has 3 heteroatoms. The molecule has 0 aromatic heterocycles. The number of hydroxylamine groups is 2. The van der Waals surface area contributed by atoms with Crippen LogP contribution in [0.5, 0.6) is 0 Å². The van der Waals surface area contributed by atoms with Crippen molar-refractivity contribution in [3.63, 3.8) is 0 Å². The molecule has 1 unspecified atom stereocenters. The van der Waals surface area contributed by atoms with E-state index in [1.54, 1.807) is 6.08 Å². The molecule has 0 spiro atoms. The highest BCUT2D eigenvalue weighted by atomic mass is 16.5. The second kappa shape index (κ2) is 7.17. The lowest BCUT2D eigenvalue weighted by atomic mass is 10.2. The number of rotatable bonds is 7. The van der Waals surface area contributed by atoms with Crippen molar-refractivity contribution in [1.82, 2.24) is 5.06 Å². The van der Waals surface area contributed by atoms with E-state index in [4.69, 9.17) is 0 Å². The largest absolute Gasteiger partial charge is 0.392 e. The molecule has 0 saturated carbocycles. The predicted octanol–water partition coefficient (Wildman–Crippen LogP) is 2.20. The Labute approximate surface area is 96.6 Å². The van der Waals surface area contributed by atoms with Gasteiger partial charge in [-0.2, -0.15) is 5.06 Å². The number of aliphatic hydroxyl groups excluding tert-OH is 1. The van der Waals surface area contributed by atoms with Crippen LogP contribution in [-0.2, 0) is 6.54 Å². The van der Waals surface area contributed by atoms with Crippen LogP contribution in [0.4, 0.5) is 0 Å². The summed E-state index contributed by atoms with van der Waals surface area (Å²) in [6.45, 7) is 4.30. The first-order valence-corrected chi connectivity index (χ1v) is 5.49. The molecule has 16 heavy (non-hydrogen) atoms. The van der Waals surface area contributed by atoms with Crippen LogP contribution in [0.1, 0.15) is 18.4 Å². The van der Waals surface area contributed by atoms with E-state index in [-0.39, 0.29) is 6.54 Å². The van der Waals surface area contributed by atoms with Crippen LogP contribution >= 0.6 is 0 Å². The second-order valence-electron chi connectivity index (χ2n) is 3.85. The number of hydrogen-bond donors (Lipinski definition) is 2. The third kappa shape index (κ3) is 5.07. The van der Waals surface area contributed by atoms with Gasteiger partial charge in [0.2, 0.25) is 0 Å². The van der Waals surface area contributed by atoms with Crippen molar-refractivity contribution in [1.29, 1.82) is 0 Å². The van der Waals surface area contributed by atoms with E-state index in [0.717, 1.165) is 17.0 Å². The first-order chi connectivity index (χ1) is 7.72. The number of benzene rings is 1. The summed E-state index contributed by atoms with van der Waals surface area (Å²) in [6.07, 6.45) is 2.66. The van der Waals surface area contributed by atoms with Gasteiger partial charge in [-0.25, -0.2) is 0 Å². The standard InChI is InChI=1S/C13H19NO2/c1-2-3-9-13(15)11-14(16)10-12-7-5-4-6-8-12/h2,4-8,13,15-16H,1,3,9-11H2. The molecular formula is C13H19NO2. The molecule has 0 aliphatic heterocycles. The van der Waals surface area contributed by atoms with Gasteiger partial charge in [0.25, 0.3) is 0 Å². The Morgan fingerprint density at radius 2 is 2.00 bits per heavy atom. The van der Waals surface area contributed by atoms with Gasteiger partial charge in [-0.15, -0.1) is 6.58 Å². The van der Waals surface area contributed by atoms with Gasteiger partial charge in [0, 0.05) is 6.54 Å². The maximum Gasteiger partial charge on any atom is 0.0693 e. The fraction of sp³-hybridized carbons (Fsp3) is 0.385. The molecule has 2 N–H and O–H groups in total. The Balaban J connectivity index is 2.30. The fourth-order valence-corrected chi connectivity index (χ4v) is 1.50. The summed E-state index contributed by atoms with van der Waals surface area (Å²) in [5, 5.41) is 20.3. The van der Waals surface area contributed by atoms with Gasteiger partial charge in [0.05, 0.1) is 12.6 Å². The van der Waals surface area contributed by atoms with Crippen molar-refractivity contribution in [3.05, 3.63) is 48.6 Å². The second-order valence-corrected chi connectivity index (χ2v) is 3.85. The summed E-state index contributed by atoms with van der Waals surface area (Å²) < 4.78 is 0. The minimum absolute atomic E-state index is 0.267. The highest BCUT2D eigenvalue weighted by Gasteiger charge is 2.09. The van der Waals surface area contributed by atoms with Gasteiger partial charge in [-0.3, -0.25) is 0 Å². The van der Waals surface area contributed by atoms with Gasteiger partial charge in [0.1, 0.15) is 0 Å². The van der Waals surface area contributed by atoms with Crippen LogP contribution in [0.3, 0.4) is 0 Å². The molecule has 0 heterocycles. The summed E-state index contributed by atoms with van der Waals surface area (Å²) in [7, 11) is 0. The number of aliphatic hydroxyl groups is 1. The number of allylic oxidation sites excluding steroid dienone is 1. The molecule has 1 rings (SSSR count). The molecule has 0 saturated heterocycles. The maximum absolute atomic E-state index is 9.62. The lowest BCUT2D eigenvalue weighted by molar-refractivity contribution is -0.121. The summed E-state index contributed by atoms with van der Waals surface area (Å²) in [5.41, 5.74) is 1.03. The Bertz CT molecular complexity index is 300. The molecule has 0 aliphatic rings. The van der Waals surface area contributed by atoms with Crippen molar-refractivity contribution >= 4 is 0 Å². The summed E-state index contributed by atoms with van der Waals surface area (Å²) in [4.78, 5) is 0. The SMILES string of the molecule is C=CCCC(O)CN(O)Cc1ccccc1. The number of hydrogen-bond acceptors (Lipinski definition) is 3. The zero-order valence-corrected chi connectivity index (χ0v) is 9.42. The molecule has 0 bridgehead atoms. The number of nitrogens with zero attached hydrogens (tertiary/aromatic N) is 1. The highest BCUT2D eigenvalue weighted by Crippen LogP contribution is 2.05.